The van der Waals surface area contributed by atoms with Gasteiger partial charge in [-0.25, -0.2) is 4.79 Å². The number of carbonyl (C=O) groups excluding carboxylic acids is 1. The zero-order chi connectivity index (χ0) is 29.8. The highest BCUT2D eigenvalue weighted by Crippen LogP contribution is 2.25. The van der Waals surface area contributed by atoms with Gasteiger partial charge in [-0.15, -0.1) is 0 Å². The Bertz CT molecular complexity index is 1250. The van der Waals surface area contributed by atoms with Crippen molar-refractivity contribution in [3.8, 4) is 11.5 Å². The Morgan fingerprint density at radius 2 is 1.63 bits per heavy atom. The maximum Gasteiger partial charge on any atom is 0.490 e. The lowest BCUT2D eigenvalue weighted by Crippen LogP contribution is -2.43. The number of hydrogen-bond donors (Lipinski definition) is 3. The summed E-state index contributed by atoms with van der Waals surface area (Å²) in [6.45, 7) is 3.28. The lowest BCUT2D eigenvalue weighted by atomic mass is 10.0. The van der Waals surface area contributed by atoms with E-state index in [1.54, 1.807) is 6.07 Å². The van der Waals surface area contributed by atoms with Crippen LogP contribution in [0, 0.1) is 0 Å². The number of anilines is 2. The molecule has 0 aromatic heterocycles. The highest BCUT2D eigenvalue weighted by Gasteiger charge is 2.38. The van der Waals surface area contributed by atoms with Gasteiger partial charge in [-0.05, 0) is 66.9 Å². The Morgan fingerprint density at radius 1 is 1.00 bits per heavy atom. The van der Waals surface area contributed by atoms with Crippen molar-refractivity contribution >= 4 is 23.3 Å². The number of aromatic hydroxyl groups is 1. The van der Waals surface area contributed by atoms with Crippen molar-refractivity contribution in [3.63, 3.8) is 0 Å². The maximum absolute atomic E-state index is 12.2. The number of carboxylic acid groups (broad SMARTS) is 1. The number of carbonyl (C=O) groups is 2. The van der Waals surface area contributed by atoms with Crippen LogP contribution in [0.1, 0.15) is 24.8 Å². The molecule has 0 spiro atoms. The van der Waals surface area contributed by atoms with Crippen LogP contribution >= 0.6 is 0 Å². The van der Waals surface area contributed by atoms with Crippen LogP contribution in [0.2, 0.25) is 0 Å². The first-order valence-electron chi connectivity index (χ1n) is 13.1. The SMILES string of the molecule is CN(c1ccc(NC(=O)CCOc2ccccc2)cc1)C1CCN(Cc2cccc(O)c2)CC1.O=C(O)C(F)(F)F. The van der Waals surface area contributed by atoms with E-state index in [1.165, 1.54) is 0 Å². The molecule has 220 valence electrons. The summed E-state index contributed by atoms with van der Waals surface area (Å²) in [5.41, 5.74) is 3.09. The van der Waals surface area contributed by atoms with Crippen molar-refractivity contribution < 1.29 is 37.7 Å². The monoisotopic (exact) mass is 573 g/mol. The van der Waals surface area contributed by atoms with Crippen molar-refractivity contribution in [2.45, 2.75) is 38.0 Å². The number of aliphatic carboxylic acids is 1. The third-order valence-corrected chi connectivity index (χ3v) is 6.56. The molecular formula is C30H34F3N3O5. The van der Waals surface area contributed by atoms with Gasteiger partial charge in [0, 0.05) is 44.1 Å². The van der Waals surface area contributed by atoms with Gasteiger partial charge >= 0.3 is 12.1 Å². The molecule has 3 aromatic carbocycles. The van der Waals surface area contributed by atoms with Gasteiger partial charge in [0.15, 0.2) is 0 Å². The number of carboxylic acids is 1. The molecule has 0 unspecified atom stereocenters. The highest BCUT2D eigenvalue weighted by molar-refractivity contribution is 5.91. The van der Waals surface area contributed by atoms with Gasteiger partial charge in [0.25, 0.3) is 0 Å². The van der Waals surface area contributed by atoms with Crippen LogP contribution in [0.15, 0.2) is 78.9 Å². The fourth-order valence-electron chi connectivity index (χ4n) is 4.37. The van der Waals surface area contributed by atoms with Gasteiger partial charge in [0.2, 0.25) is 5.91 Å². The summed E-state index contributed by atoms with van der Waals surface area (Å²) < 4.78 is 37.3. The normalized spacial score (nSPS) is 14.0. The van der Waals surface area contributed by atoms with Crippen LogP contribution < -0.4 is 15.0 Å². The molecular weight excluding hydrogens is 539 g/mol. The van der Waals surface area contributed by atoms with E-state index in [-0.39, 0.29) is 5.91 Å². The largest absolute Gasteiger partial charge is 0.508 e. The number of phenols is 1. The van der Waals surface area contributed by atoms with Crippen LogP contribution in [0.5, 0.6) is 11.5 Å². The molecule has 0 bridgehead atoms. The summed E-state index contributed by atoms with van der Waals surface area (Å²) in [4.78, 5) is 25.9. The third-order valence-electron chi connectivity index (χ3n) is 6.56. The second kappa shape index (κ2) is 14.9. The van der Waals surface area contributed by atoms with E-state index in [0.29, 0.717) is 24.8 Å². The molecule has 1 heterocycles. The van der Waals surface area contributed by atoms with E-state index in [2.05, 4.69) is 40.4 Å². The fraction of sp³-hybridized carbons (Fsp3) is 0.333. The van der Waals surface area contributed by atoms with Gasteiger partial charge in [0.1, 0.15) is 11.5 Å². The van der Waals surface area contributed by atoms with Gasteiger partial charge < -0.3 is 25.2 Å². The Hall–Kier alpha value is -4.25. The summed E-state index contributed by atoms with van der Waals surface area (Å²) in [6.07, 6.45) is -2.60. The number of nitrogens with one attached hydrogen (secondary N) is 1. The van der Waals surface area contributed by atoms with E-state index in [4.69, 9.17) is 14.6 Å². The number of ether oxygens (including phenoxy) is 1. The molecule has 11 heteroatoms. The van der Waals surface area contributed by atoms with E-state index in [0.717, 1.165) is 55.2 Å². The van der Waals surface area contributed by atoms with Crippen LogP contribution in [-0.4, -0.2) is 66.0 Å². The smallest absolute Gasteiger partial charge is 0.490 e. The Balaban J connectivity index is 0.000000587. The molecule has 0 atom stereocenters. The van der Waals surface area contributed by atoms with Gasteiger partial charge in [-0.1, -0.05) is 30.3 Å². The minimum atomic E-state index is -5.08. The predicted molar refractivity (Wildman–Crippen MR) is 150 cm³/mol. The van der Waals surface area contributed by atoms with Crippen LogP contribution in [0.4, 0.5) is 24.5 Å². The van der Waals surface area contributed by atoms with E-state index in [1.807, 2.05) is 54.6 Å². The lowest BCUT2D eigenvalue weighted by Gasteiger charge is -2.38. The molecule has 1 aliphatic rings. The van der Waals surface area contributed by atoms with Crippen molar-refractivity contribution in [1.29, 1.82) is 0 Å². The van der Waals surface area contributed by atoms with Crippen molar-refractivity contribution in [2.75, 3.05) is 37.0 Å². The van der Waals surface area contributed by atoms with Crippen LogP contribution in [0.25, 0.3) is 0 Å². The lowest BCUT2D eigenvalue weighted by molar-refractivity contribution is -0.192. The number of nitrogens with zero attached hydrogens (tertiary/aromatic N) is 2. The quantitative estimate of drug-likeness (QED) is 0.309. The average molecular weight is 574 g/mol. The molecule has 8 nitrogen and oxygen atoms in total. The number of hydrogen-bond acceptors (Lipinski definition) is 6. The first-order chi connectivity index (χ1) is 19.5. The van der Waals surface area contributed by atoms with Crippen LogP contribution in [-0.2, 0) is 16.1 Å². The number of piperidine rings is 1. The van der Waals surface area contributed by atoms with Crippen LogP contribution in [0.3, 0.4) is 0 Å². The number of likely N-dealkylation sites (tertiary alicyclic amines) is 1. The standard InChI is InChI=1S/C28H33N3O3.C2HF3O2/c1-30(25-14-17-31(18-15-25)21-22-6-5-7-26(32)20-22)24-12-10-23(11-13-24)29-28(33)16-19-34-27-8-3-2-4-9-27;3-2(4,5)1(6)7/h2-13,20,25,32H,14-19,21H2,1H3,(H,29,33);(H,6,7). The molecule has 1 saturated heterocycles. The summed E-state index contributed by atoms with van der Waals surface area (Å²) in [5, 5.41) is 19.7. The topological polar surface area (TPSA) is 102 Å². The summed E-state index contributed by atoms with van der Waals surface area (Å²) in [6, 6.07) is 25.6. The molecule has 0 aliphatic carbocycles. The Kier molecular flexibility index (Phi) is 11.4. The third kappa shape index (κ3) is 10.7. The zero-order valence-corrected chi connectivity index (χ0v) is 22.7. The molecule has 3 N–H and O–H groups in total. The maximum atomic E-state index is 12.2. The summed E-state index contributed by atoms with van der Waals surface area (Å²) >= 11 is 0. The van der Waals surface area contributed by atoms with Crippen molar-refractivity contribution in [3.05, 3.63) is 84.4 Å². The first kappa shape index (κ1) is 31.3. The summed E-state index contributed by atoms with van der Waals surface area (Å²) in [5.74, 6) is -1.72. The predicted octanol–water partition coefficient (Wildman–Crippen LogP) is 5.53. The zero-order valence-electron chi connectivity index (χ0n) is 22.7. The second-order valence-corrected chi connectivity index (χ2v) is 9.60. The molecule has 41 heavy (non-hydrogen) atoms. The van der Waals surface area contributed by atoms with E-state index >= 15 is 0 Å². The molecule has 3 aromatic rings. The number of benzene rings is 3. The molecule has 4 rings (SSSR count). The molecule has 1 fully saturated rings. The first-order valence-corrected chi connectivity index (χ1v) is 13.1. The number of para-hydroxylation sites is 1. The Labute approximate surface area is 237 Å². The average Bonchev–Trinajstić information content (AvgIpc) is 2.94. The summed E-state index contributed by atoms with van der Waals surface area (Å²) in [7, 11) is 2.14. The van der Waals surface area contributed by atoms with E-state index in [9.17, 15) is 23.1 Å². The van der Waals surface area contributed by atoms with Crippen molar-refractivity contribution in [2.24, 2.45) is 0 Å². The highest BCUT2D eigenvalue weighted by atomic mass is 19.4. The number of amides is 1. The number of phenolic OH excluding ortho intramolecular Hbond substituents is 1. The molecule has 1 amide bonds. The minimum Gasteiger partial charge on any atom is -0.508 e. The number of rotatable bonds is 9. The van der Waals surface area contributed by atoms with Gasteiger partial charge in [-0.2, -0.15) is 13.2 Å². The van der Waals surface area contributed by atoms with Gasteiger partial charge in [0.05, 0.1) is 13.0 Å². The second-order valence-electron chi connectivity index (χ2n) is 9.60. The Morgan fingerprint density at radius 3 is 2.22 bits per heavy atom. The molecule has 0 saturated carbocycles. The number of alkyl halides is 3. The number of halogens is 3. The molecule has 1 aliphatic heterocycles. The van der Waals surface area contributed by atoms with Gasteiger partial charge in [-0.3, -0.25) is 9.69 Å². The molecule has 0 radical (unpaired) electrons. The van der Waals surface area contributed by atoms with Crippen molar-refractivity contribution in [1.82, 2.24) is 4.90 Å². The fourth-order valence-corrected chi connectivity index (χ4v) is 4.37. The van der Waals surface area contributed by atoms with E-state index < -0.39 is 12.1 Å². The minimum absolute atomic E-state index is 0.0591.